The van der Waals surface area contributed by atoms with Crippen LogP contribution in [0.3, 0.4) is 0 Å². The lowest BCUT2D eigenvalue weighted by Crippen LogP contribution is -2.21. The lowest BCUT2D eigenvalue weighted by molar-refractivity contribution is 0.0583. The molecule has 13 heteroatoms. The molecular formula is C47H37BrCl2N4O6. The van der Waals surface area contributed by atoms with Crippen LogP contribution in [0.2, 0.25) is 10.0 Å². The summed E-state index contributed by atoms with van der Waals surface area (Å²) in [6.07, 6.45) is 5.55. The highest BCUT2D eigenvalue weighted by atomic mass is 79.9. The number of esters is 2. The Morgan fingerprint density at radius 1 is 0.517 bits per heavy atom. The van der Waals surface area contributed by atoms with Crippen molar-refractivity contribution in [1.29, 1.82) is 0 Å². The van der Waals surface area contributed by atoms with Crippen LogP contribution in [-0.4, -0.2) is 51.0 Å². The monoisotopic (exact) mass is 902 g/mol. The molecule has 2 N–H and O–H groups in total. The summed E-state index contributed by atoms with van der Waals surface area (Å²) in [7, 11) is 2.75. The smallest absolute Gasteiger partial charge is 0.355 e. The fourth-order valence-electron chi connectivity index (χ4n) is 6.20. The summed E-state index contributed by atoms with van der Waals surface area (Å²) in [6, 6.07) is 48.9. The van der Waals surface area contributed by atoms with Crippen molar-refractivity contribution in [2.45, 2.75) is 0 Å². The number of rotatable bonds is 8. The zero-order chi connectivity index (χ0) is 42.6. The summed E-state index contributed by atoms with van der Waals surface area (Å²) in [4.78, 5) is 35.5. The zero-order valence-electron chi connectivity index (χ0n) is 32.2. The maximum Gasteiger partial charge on any atom is 0.355 e. The highest BCUT2D eigenvalue weighted by molar-refractivity contribution is 9.10. The fourth-order valence-corrected chi connectivity index (χ4v) is 7.11. The van der Waals surface area contributed by atoms with Gasteiger partial charge in [0.05, 0.1) is 14.2 Å². The number of hydrogen-bond acceptors (Lipinski definition) is 6. The van der Waals surface area contributed by atoms with Gasteiger partial charge in [-0.05, 0) is 82.7 Å². The Labute approximate surface area is 364 Å². The molecule has 0 radical (unpaired) electrons. The molecule has 1 amide bonds. The Kier molecular flexibility index (Phi) is 14.6. The Morgan fingerprint density at radius 3 is 1.27 bits per heavy atom. The lowest BCUT2D eigenvalue weighted by Gasteiger charge is -2.07. The van der Waals surface area contributed by atoms with E-state index in [1.807, 2.05) is 157 Å². The molecular weight excluding hydrogens is 867 g/mol. The number of benzene rings is 5. The van der Waals surface area contributed by atoms with Gasteiger partial charge in [0.25, 0.3) is 5.91 Å². The Morgan fingerprint density at radius 2 is 0.867 bits per heavy atom. The van der Waals surface area contributed by atoms with Crippen molar-refractivity contribution in [3.8, 4) is 39.3 Å². The minimum absolute atomic E-state index is 0.323. The number of hydroxylamine groups is 1. The largest absolute Gasteiger partial charge is 0.464 e. The van der Waals surface area contributed by atoms with Crippen LogP contribution in [0.15, 0.2) is 181 Å². The standard InChI is InChI=1S/C18H14ClNO2.C17H13ClN2O2.C12H10BrNO2/c1-22-18(21)17-11-13(15-9-5-6-10-16(15)19)12-20(17)14-7-3-2-4-8-14;18-15-9-5-4-8-14(15)12-10-16(17(21)19-22)20(11-12)13-6-2-1-3-7-13;1-16-12(15)11-7-9(13)8-14(11)10-5-3-2-4-6-10/h2-12H,1H3;1-11,22H,(H,19,21);2-8H,1H3. The molecule has 0 aliphatic rings. The summed E-state index contributed by atoms with van der Waals surface area (Å²) in [5, 5.41) is 10.2. The molecule has 5 aromatic carbocycles. The van der Waals surface area contributed by atoms with E-state index in [0.717, 1.165) is 43.8 Å². The van der Waals surface area contributed by atoms with Crippen LogP contribution in [0.5, 0.6) is 0 Å². The number of hydrogen-bond donors (Lipinski definition) is 2. The summed E-state index contributed by atoms with van der Waals surface area (Å²) in [5.74, 6) is -1.32. The van der Waals surface area contributed by atoms with Crippen molar-refractivity contribution in [3.63, 3.8) is 0 Å². The van der Waals surface area contributed by atoms with Gasteiger partial charge in [-0.3, -0.25) is 10.0 Å². The molecule has 8 rings (SSSR count). The van der Waals surface area contributed by atoms with Gasteiger partial charge in [0.15, 0.2) is 0 Å². The van der Waals surface area contributed by atoms with Crippen LogP contribution in [-0.2, 0) is 9.47 Å². The summed E-state index contributed by atoms with van der Waals surface area (Å²) < 4.78 is 15.8. The van der Waals surface area contributed by atoms with E-state index in [-0.39, 0.29) is 11.9 Å². The Hall–Kier alpha value is -6.63. The van der Waals surface area contributed by atoms with Gasteiger partial charge in [-0.25, -0.2) is 15.1 Å². The van der Waals surface area contributed by atoms with Crippen molar-refractivity contribution in [2.24, 2.45) is 0 Å². The quantitative estimate of drug-likeness (QED) is 0.0891. The van der Waals surface area contributed by atoms with Crippen molar-refractivity contribution in [1.82, 2.24) is 19.2 Å². The van der Waals surface area contributed by atoms with Crippen LogP contribution < -0.4 is 5.48 Å². The molecule has 0 aliphatic carbocycles. The number of methoxy groups -OCH3 is 2. The minimum Gasteiger partial charge on any atom is -0.464 e. The number of amides is 1. The molecule has 10 nitrogen and oxygen atoms in total. The molecule has 8 aromatic rings. The summed E-state index contributed by atoms with van der Waals surface area (Å²) in [6.45, 7) is 0. The molecule has 0 fully saturated rings. The van der Waals surface area contributed by atoms with E-state index >= 15 is 0 Å². The topological polar surface area (TPSA) is 117 Å². The first-order valence-electron chi connectivity index (χ1n) is 18.2. The normalized spacial score (nSPS) is 10.4. The van der Waals surface area contributed by atoms with Gasteiger partial charge < -0.3 is 23.2 Å². The van der Waals surface area contributed by atoms with Gasteiger partial charge in [-0.15, -0.1) is 0 Å². The molecule has 3 aromatic heterocycles. The maximum atomic E-state index is 12.1. The first kappa shape index (κ1) is 43.0. The second-order valence-corrected chi connectivity index (χ2v) is 14.5. The lowest BCUT2D eigenvalue weighted by atomic mass is 10.1. The molecule has 0 aliphatic heterocycles. The molecule has 0 saturated heterocycles. The second-order valence-electron chi connectivity index (χ2n) is 12.8. The van der Waals surface area contributed by atoms with E-state index in [1.54, 1.807) is 38.9 Å². The molecule has 0 saturated carbocycles. The van der Waals surface area contributed by atoms with Crippen molar-refractivity contribution >= 4 is 57.0 Å². The molecule has 0 unspecified atom stereocenters. The van der Waals surface area contributed by atoms with Gasteiger partial charge in [0, 0.05) is 72.4 Å². The highest BCUT2D eigenvalue weighted by Crippen LogP contribution is 2.32. The van der Waals surface area contributed by atoms with Crippen LogP contribution in [0.1, 0.15) is 31.5 Å². The van der Waals surface area contributed by atoms with E-state index in [4.69, 9.17) is 37.9 Å². The molecule has 0 spiro atoms. The van der Waals surface area contributed by atoms with E-state index in [0.29, 0.717) is 27.1 Å². The number of nitrogens with zero attached hydrogens (tertiary/aromatic N) is 3. The average Bonchev–Trinajstić information content (AvgIpc) is 4.05. The molecule has 60 heavy (non-hydrogen) atoms. The second kappa shape index (κ2) is 20.4. The zero-order valence-corrected chi connectivity index (χ0v) is 35.3. The van der Waals surface area contributed by atoms with E-state index < -0.39 is 5.91 Å². The third-order valence-electron chi connectivity index (χ3n) is 9.02. The first-order chi connectivity index (χ1) is 29.1. The van der Waals surface area contributed by atoms with Crippen LogP contribution in [0.4, 0.5) is 0 Å². The number of aromatic nitrogens is 3. The number of halogens is 3. The van der Waals surface area contributed by atoms with Crippen LogP contribution in [0.25, 0.3) is 39.3 Å². The van der Waals surface area contributed by atoms with Crippen molar-refractivity contribution < 1.29 is 29.1 Å². The number of carbonyl (C=O) groups excluding carboxylic acids is 3. The molecule has 0 atom stereocenters. The Balaban J connectivity index is 0.000000153. The van der Waals surface area contributed by atoms with Crippen molar-refractivity contribution in [3.05, 3.63) is 208 Å². The predicted molar refractivity (Wildman–Crippen MR) is 238 cm³/mol. The van der Waals surface area contributed by atoms with E-state index in [9.17, 15) is 14.4 Å². The fraction of sp³-hybridized carbons (Fsp3) is 0.0426. The van der Waals surface area contributed by atoms with Gasteiger partial charge >= 0.3 is 11.9 Å². The first-order valence-corrected chi connectivity index (χ1v) is 19.8. The summed E-state index contributed by atoms with van der Waals surface area (Å²) >= 11 is 15.8. The Bertz CT molecular complexity index is 2580. The molecule has 3 heterocycles. The number of ether oxygens (including phenoxy) is 2. The van der Waals surface area contributed by atoms with E-state index in [2.05, 4.69) is 15.9 Å². The third-order valence-corrected chi connectivity index (χ3v) is 10.1. The van der Waals surface area contributed by atoms with Crippen molar-refractivity contribution in [2.75, 3.05) is 14.2 Å². The molecule has 0 bridgehead atoms. The number of nitrogens with one attached hydrogen (secondary N) is 1. The van der Waals surface area contributed by atoms with Gasteiger partial charge in [0.1, 0.15) is 17.1 Å². The van der Waals surface area contributed by atoms with Gasteiger partial charge in [-0.2, -0.15) is 0 Å². The highest BCUT2D eigenvalue weighted by Gasteiger charge is 2.19. The maximum absolute atomic E-state index is 12.1. The SMILES string of the molecule is COC(=O)c1cc(-c2ccccc2Cl)cn1-c1ccccc1.COC(=O)c1cc(Br)cn1-c1ccccc1.O=C(NO)c1cc(-c2ccccc2Cl)cn1-c1ccccc1. The predicted octanol–water partition coefficient (Wildman–Crippen LogP) is 11.5. The third kappa shape index (κ3) is 10.1. The number of para-hydroxylation sites is 3. The van der Waals surface area contributed by atoms with E-state index in [1.165, 1.54) is 14.2 Å². The number of carbonyl (C=O) groups is 3. The van der Waals surface area contributed by atoms with Gasteiger partial charge in [0.2, 0.25) is 0 Å². The van der Waals surface area contributed by atoms with Crippen LogP contribution >= 0.6 is 39.1 Å². The van der Waals surface area contributed by atoms with Gasteiger partial charge in [-0.1, -0.05) is 114 Å². The minimum atomic E-state index is -0.581. The summed E-state index contributed by atoms with van der Waals surface area (Å²) in [5.41, 5.74) is 8.97. The van der Waals surface area contributed by atoms with Crippen LogP contribution in [0, 0.1) is 0 Å². The molecule has 302 valence electrons. The average molecular weight is 905 g/mol.